The third-order valence-electron chi connectivity index (χ3n) is 3.94. The summed E-state index contributed by atoms with van der Waals surface area (Å²) in [5, 5.41) is 11.3. The molecule has 0 unspecified atom stereocenters. The van der Waals surface area contributed by atoms with Gasteiger partial charge in [-0.25, -0.2) is 0 Å². The SMILES string of the molecule is Cc1ccc(SCCC(=O)OCC(=O)Nc2ccc(CC#N)cc2)cc1C. The molecule has 2 aromatic rings. The number of nitrogens with zero attached hydrogens (tertiary/aromatic N) is 1. The van der Waals surface area contributed by atoms with Crippen LogP contribution in [0, 0.1) is 25.2 Å². The molecule has 2 rings (SSSR count). The van der Waals surface area contributed by atoms with E-state index < -0.39 is 11.9 Å². The lowest BCUT2D eigenvalue weighted by Gasteiger charge is -2.07. The number of thioether (sulfide) groups is 1. The van der Waals surface area contributed by atoms with Gasteiger partial charge in [-0.3, -0.25) is 9.59 Å². The number of ether oxygens (including phenoxy) is 1. The molecule has 0 heterocycles. The molecule has 140 valence electrons. The van der Waals surface area contributed by atoms with Crippen molar-refractivity contribution < 1.29 is 14.3 Å². The lowest BCUT2D eigenvalue weighted by atomic mass is 10.1. The Morgan fingerprint density at radius 2 is 1.85 bits per heavy atom. The third kappa shape index (κ3) is 7.16. The van der Waals surface area contributed by atoms with Crippen molar-refractivity contribution >= 4 is 29.3 Å². The highest BCUT2D eigenvalue weighted by Crippen LogP contribution is 2.21. The minimum absolute atomic E-state index is 0.244. The summed E-state index contributed by atoms with van der Waals surface area (Å²) in [6.45, 7) is 3.81. The first-order chi connectivity index (χ1) is 13.0. The van der Waals surface area contributed by atoms with Crippen LogP contribution in [0.5, 0.6) is 0 Å². The van der Waals surface area contributed by atoms with Gasteiger partial charge < -0.3 is 10.1 Å². The second-order valence-corrected chi connectivity index (χ2v) is 7.25. The van der Waals surface area contributed by atoms with Crippen LogP contribution < -0.4 is 5.32 Å². The third-order valence-corrected chi connectivity index (χ3v) is 4.93. The number of carbonyl (C=O) groups is 2. The van der Waals surface area contributed by atoms with Gasteiger partial charge in [-0.1, -0.05) is 18.2 Å². The van der Waals surface area contributed by atoms with E-state index in [-0.39, 0.29) is 13.0 Å². The van der Waals surface area contributed by atoms with Gasteiger partial charge in [0.15, 0.2) is 6.61 Å². The zero-order valence-electron chi connectivity index (χ0n) is 15.5. The molecule has 0 aromatic heterocycles. The first kappa shape index (κ1) is 20.5. The van der Waals surface area contributed by atoms with Crippen LogP contribution in [0.4, 0.5) is 5.69 Å². The Kier molecular flexibility index (Phi) is 7.90. The van der Waals surface area contributed by atoms with Crippen molar-refractivity contribution in [1.29, 1.82) is 5.26 Å². The van der Waals surface area contributed by atoms with E-state index in [1.165, 1.54) is 11.1 Å². The number of benzene rings is 2. The van der Waals surface area contributed by atoms with E-state index in [4.69, 9.17) is 10.00 Å². The average Bonchev–Trinajstić information content (AvgIpc) is 2.65. The predicted molar refractivity (Wildman–Crippen MR) is 107 cm³/mol. The van der Waals surface area contributed by atoms with Gasteiger partial charge in [-0.05, 0) is 54.8 Å². The van der Waals surface area contributed by atoms with Gasteiger partial charge in [-0.2, -0.15) is 5.26 Å². The molecule has 0 atom stereocenters. The standard InChI is InChI=1S/C21H22N2O3S/c1-15-3-8-19(13-16(15)2)27-12-10-21(25)26-14-20(24)23-18-6-4-17(5-7-18)9-11-22/h3-8,13H,9-10,12,14H2,1-2H3,(H,23,24). The summed E-state index contributed by atoms with van der Waals surface area (Å²) < 4.78 is 5.01. The molecular formula is C21H22N2O3S. The van der Waals surface area contributed by atoms with Gasteiger partial charge in [0.2, 0.25) is 0 Å². The maximum absolute atomic E-state index is 11.8. The Morgan fingerprint density at radius 1 is 1.11 bits per heavy atom. The largest absolute Gasteiger partial charge is 0.456 e. The van der Waals surface area contributed by atoms with E-state index in [9.17, 15) is 9.59 Å². The number of rotatable bonds is 8. The minimum atomic E-state index is -0.397. The summed E-state index contributed by atoms with van der Waals surface area (Å²) in [5.74, 6) is -0.187. The first-order valence-corrected chi connectivity index (χ1v) is 9.58. The Balaban J connectivity index is 1.67. The second-order valence-electron chi connectivity index (χ2n) is 6.09. The topological polar surface area (TPSA) is 79.2 Å². The highest BCUT2D eigenvalue weighted by Gasteiger charge is 2.08. The maximum atomic E-state index is 11.8. The van der Waals surface area contributed by atoms with Crippen LogP contribution in [0.2, 0.25) is 0 Å². The fraction of sp³-hybridized carbons (Fsp3) is 0.286. The van der Waals surface area contributed by atoms with E-state index in [1.54, 1.807) is 36.0 Å². The summed E-state index contributed by atoms with van der Waals surface area (Å²) in [7, 11) is 0. The highest BCUT2D eigenvalue weighted by molar-refractivity contribution is 7.99. The summed E-state index contributed by atoms with van der Waals surface area (Å²) >= 11 is 1.59. The zero-order valence-corrected chi connectivity index (χ0v) is 16.3. The molecule has 0 aliphatic heterocycles. The molecule has 27 heavy (non-hydrogen) atoms. The molecule has 6 heteroatoms. The fourth-order valence-corrected chi connectivity index (χ4v) is 3.20. The monoisotopic (exact) mass is 382 g/mol. The van der Waals surface area contributed by atoms with Crippen LogP contribution in [0.25, 0.3) is 0 Å². The quantitative estimate of drug-likeness (QED) is 0.551. The van der Waals surface area contributed by atoms with Gasteiger partial charge in [0, 0.05) is 16.3 Å². The molecule has 0 saturated heterocycles. The number of amides is 1. The van der Waals surface area contributed by atoms with E-state index in [0.717, 1.165) is 10.5 Å². The van der Waals surface area contributed by atoms with E-state index >= 15 is 0 Å². The zero-order chi connectivity index (χ0) is 19.6. The second kappa shape index (κ2) is 10.4. The molecule has 0 aliphatic carbocycles. The molecule has 2 aromatic carbocycles. The van der Waals surface area contributed by atoms with Crippen molar-refractivity contribution in [3.8, 4) is 6.07 Å². The summed E-state index contributed by atoms with van der Waals surface area (Å²) in [6.07, 6.45) is 0.569. The van der Waals surface area contributed by atoms with Gasteiger partial charge in [-0.15, -0.1) is 11.8 Å². The molecule has 1 N–H and O–H groups in total. The number of nitriles is 1. The number of aryl methyl sites for hydroxylation is 2. The van der Waals surface area contributed by atoms with Crippen LogP contribution in [0.3, 0.4) is 0 Å². The van der Waals surface area contributed by atoms with E-state index in [0.29, 0.717) is 17.9 Å². The van der Waals surface area contributed by atoms with Crippen molar-refractivity contribution in [2.45, 2.75) is 31.6 Å². The molecule has 0 fully saturated rings. The molecule has 0 spiro atoms. The Morgan fingerprint density at radius 3 is 2.52 bits per heavy atom. The van der Waals surface area contributed by atoms with E-state index in [2.05, 4.69) is 37.4 Å². The fourth-order valence-electron chi connectivity index (χ4n) is 2.27. The van der Waals surface area contributed by atoms with Crippen LogP contribution in [0.15, 0.2) is 47.4 Å². The Labute approximate surface area is 163 Å². The van der Waals surface area contributed by atoms with Gasteiger partial charge in [0.1, 0.15) is 0 Å². The first-order valence-electron chi connectivity index (χ1n) is 8.59. The molecule has 1 amide bonds. The number of carbonyl (C=O) groups excluding carboxylic acids is 2. The van der Waals surface area contributed by atoms with Crippen molar-refractivity contribution in [3.05, 3.63) is 59.2 Å². The van der Waals surface area contributed by atoms with Crippen LogP contribution >= 0.6 is 11.8 Å². The van der Waals surface area contributed by atoms with Gasteiger partial charge in [0.25, 0.3) is 5.91 Å². The normalized spacial score (nSPS) is 10.1. The Bertz CT molecular complexity index is 841. The van der Waals surface area contributed by atoms with Crippen molar-refractivity contribution in [1.82, 2.24) is 0 Å². The molecule has 5 nitrogen and oxygen atoms in total. The lowest BCUT2D eigenvalue weighted by Crippen LogP contribution is -2.21. The number of anilines is 1. The van der Waals surface area contributed by atoms with Crippen LogP contribution in [-0.2, 0) is 20.7 Å². The summed E-state index contributed by atoms with van der Waals surface area (Å²) in [5.41, 5.74) is 3.94. The summed E-state index contributed by atoms with van der Waals surface area (Å²) in [4.78, 5) is 24.7. The maximum Gasteiger partial charge on any atom is 0.307 e. The lowest BCUT2D eigenvalue weighted by molar-refractivity contribution is -0.146. The number of hydrogen-bond donors (Lipinski definition) is 1. The van der Waals surface area contributed by atoms with Crippen LogP contribution in [0.1, 0.15) is 23.1 Å². The number of esters is 1. The average molecular weight is 382 g/mol. The molecule has 0 aliphatic rings. The molecular weight excluding hydrogens is 360 g/mol. The predicted octanol–water partition coefficient (Wildman–Crippen LogP) is 4.03. The van der Waals surface area contributed by atoms with E-state index in [1.807, 2.05) is 6.07 Å². The number of hydrogen-bond acceptors (Lipinski definition) is 5. The Hall–Kier alpha value is -2.78. The van der Waals surface area contributed by atoms with Gasteiger partial charge >= 0.3 is 5.97 Å². The van der Waals surface area contributed by atoms with Crippen LogP contribution in [-0.4, -0.2) is 24.2 Å². The molecule has 0 radical (unpaired) electrons. The van der Waals surface area contributed by atoms with Gasteiger partial charge in [0.05, 0.1) is 18.9 Å². The molecule has 0 saturated carbocycles. The van der Waals surface area contributed by atoms with Crippen molar-refractivity contribution in [2.24, 2.45) is 0 Å². The van der Waals surface area contributed by atoms with Crippen molar-refractivity contribution in [2.75, 3.05) is 17.7 Å². The van der Waals surface area contributed by atoms with Crippen molar-refractivity contribution in [3.63, 3.8) is 0 Å². The highest BCUT2D eigenvalue weighted by atomic mass is 32.2. The minimum Gasteiger partial charge on any atom is -0.456 e. The summed E-state index contributed by atoms with van der Waals surface area (Å²) in [6, 6.07) is 15.2. The number of nitrogens with one attached hydrogen (secondary N) is 1. The smallest absolute Gasteiger partial charge is 0.307 e. The molecule has 0 bridgehead atoms.